The minimum atomic E-state index is -1.22. The largest absolute Gasteiger partial charge is 0.481 e. The topological polar surface area (TPSA) is 160 Å². The summed E-state index contributed by atoms with van der Waals surface area (Å²) in [6.45, 7) is 0.638. The smallest absolute Gasteiger partial charge is 0.305 e. The molecule has 1 unspecified atom stereocenters. The van der Waals surface area contributed by atoms with Crippen molar-refractivity contribution in [3.05, 3.63) is 0 Å². The molecule has 0 aromatic carbocycles. The highest BCUT2D eigenvalue weighted by atomic mass is 16.4. The zero-order valence-electron chi connectivity index (χ0n) is 13.5. The van der Waals surface area contributed by atoms with Gasteiger partial charge in [0.1, 0.15) is 0 Å². The fraction of sp³-hybridized carbons (Fsp3) is 0.786. The number of hydrazine groups is 3. The summed E-state index contributed by atoms with van der Waals surface area (Å²) < 4.78 is 0. The Morgan fingerprint density at radius 3 is 2.17 bits per heavy atom. The number of aliphatic carboxylic acids is 3. The molecule has 7 N–H and O–H groups in total. The third-order valence-electron chi connectivity index (χ3n) is 4.12. The lowest BCUT2D eigenvalue weighted by Crippen LogP contribution is -2.61. The monoisotopic (exact) mass is 346 g/mol. The van der Waals surface area contributed by atoms with Gasteiger partial charge in [0, 0.05) is 13.0 Å². The average Bonchev–Trinajstić information content (AvgIpc) is 2.44. The lowest BCUT2D eigenvalue weighted by molar-refractivity contribution is -0.143. The summed E-state index contributed by atoms with van der Waals surface area (Å²) in [4.78, 5) is 33.4. The van der Waals surface area contributed by atoms with E-state index in [4.69, 9.17) is 15.3 Å². The Balaban J connectivity index is 2.90. The van der Waals surface area contributed by atoms with Crippen LogP contribution in [0.2, 0.25) is 0 Å². The molecule has 10 heteroatoms. The molecule has 1 saturated heterocycles. The van der Waals surface area contributed by atoms with E-state index in [2.05, 4.69) is 21.9 Å². The number of rotatable bonds is 6. The number of hydrogen-bond donors (Lipinski definition) is 7. The first-order valence-electron chi connectivity index (χ1n) is 7.98. The van der Waals surface area contributed by atoms with E-state index in [1.54, 1.807) is 0 Å². The molecular formula is C14H26N4O6. The van der Waals surface area contributed by atoms with Gasteiger partial charge in [-0.3, -0.25) is 14.4 Å². The zero-order chi connectivity index (χ0) is 18.0. The van der Waals surface area contributed by atoms with Gasteiger partial charge in [-0.2, -0.15) is 11.1 Å². The Morgan fingerprint density at radius 2 is 1.58 bits per heavy atom. The van der Waals surface area contributed by atoms with Gasteiger partial charge >= 0.3 is 17.9 Å². The molecule has 1 atom stereocenters. The Morgan fingerprint density at radius 1 is 0.917 bits per heavy atom. The Labute approximate surface area is 139 Å². The quantitative estimate of drug-likeness (QED) is 0.344. The van der Waals surface area contributed by atoms with Gasteiger partial charge in [-0.15, -0.1) is 0 Å². The van der Waals surface area contributed by atoms with Gasteiger partial charge in [0.05, 0.1) is 18.4 Å². The molecule has 1 aliphatic heterocycles. The standard InChI is InChI=1S/C14H26N4O6/c19-11(20)7-10-3-1-2-6-15-17-18-16-14(5-4-10,8-12(21)22)9-13(23)24/h10,15-18H,1-9H2,(H,19,20)(H,21,22)(H,23,24). The third kappa shape index (κ3) is 8.20. The highest BCUT2D eigenvalue weighted by Gasteiger charge is 2.36. The maximum Gasteiger partial charge on any atom is 0.305 e. The van der Waals surface area contributed by atoms with E-state index in [-0.39, 0.29) is 18.8 Å². The maximum atomic E-state index is 11.2. The van der Waals surface area contributed by atoms with Crippen molar-refractivity contribution in [1.29, 1.82) is 0 Å². The molecule has 0 aromatic heterocycles. The molecule has 1 aliphatic rings. The van der Waals surface area contributed by atoms with E-state index in [1.165, 1.54) is 0 Å². The molecule has 0 aliphatic carbocycles. The van der Waals surface area contributed by atoms with E-state index in [1.807, 2.05) is 0 Å². The third-order valence-corrected chi connectivity index (χ3v) is 4.12. The molecule has 0 spiro atoms. The van der Waals surface area contributed by atoms with E-state index in [9.17, 15) is 14.4 Å². The van der Waals surface area contributed by atoms with Crippen molar-refractivity contribution >= 4 is 17.9 Å². The summed E-state index contributed by atoms with van der Waals surface area (Å²) in [6, 6.07) is 0. The Hall–Kier alpha value is -1.75. The van der Waals surface area contributed by atoms with E-state index < -0.39 is 36.3 Å². The molecule has 0 saturated carbocycles. The molecule has 1 fully saturated rings. The van der Waals surface area contributed by atoms with Gasteiger partial charge in [-0.1, -0.05) is 6.42 Å². The lowest BCUT2D eigenvalue weighted by atomic mass is 9.82. The molecular weight excluding hydrogens is 320 g/mol. The summed E-state index contributed by atoms with van der Waals surface area (Å²) in [5.41, 5.74) is 9.67. The zero-order valence-corrected chi connectivity index (χ0v) is 13.5. The summed E-state index contributed by atoms with van der Waals surface area (Å²) >= 11 is 0. The van der Waals surface area contributed by atoms with Crippen LogP contribution in [0.15, 0.2) is 0 Å². The van der Waals surface area contributed by atoms with E-state index in [0.717, 1.165) is 12.8 Å². The van der Waals surface area contributed by atoms with Gasteiger partial charge in [-0.05, 0) is 31.6 Å². The summed E-state index contributed by atoms with van der Waals surface area (Å²) in [5.74, 6) is -3.26. The number of nitrogens with one attached hydrogen (secondary N) is 4. The molecule has 0 bridgehead atoms. The fourth-order valence-electron chi connectivity index (χ4n) is 2.96. The van der Waals surface area contributed by atoms with Gasteiger partial charge in [-0.25, -0.2) is 10.9 Å². The Kier molecular flexibility index (Phi) is 8.61. The highest BCUT2D eigenvalue weighted by molar-refractivity contribution is 5.73. The SMILES string of the molecule is O=C(O)CC1CCCCNNNNC(CC(=O)O)(CC(=O)O)CC1. The van der Waals surface area contributed by atoms with Crippen molar-refractivity contribution in [3.63, 3.8) is 0 Å². The van der Waals surface area contributed by atoms with Crippen molar-refractivity contribution in [2.45, 2.75) is 56.9 Å². The van der Waals surface area contributed by atoms with Crippen LogP contribution < -0.4 is 21.9 Å². The van der Waals surface area contributed by atoms with Crippen molar-refractivity contribution in [3.8, 4) is 0 Å². The van der Waals surface area contributed by atoms with Crippen molar-refractivity contribution < 1.29 is 29.7 Å². The van der Waals surface area contributed by atoms with Crippen LogP contribution in [0.3, 0.4) is 0 Å². The minimum absolute atomic E-state index is 0.00463. The highest BCUT2D eigenvalue weighted by Crippen LogP contribution is 2.28. The van der Waals surface area contributed by atoms with Gasteiger partial charge in [0.15, 0.2) is 0 Å². The number of carboxylic acid groups (broad SMARTS) is 3. The predicted molar refractivity (Wildman–Crippen MR) is 83.5 cm³/mol. The number of carbonyl (C=O) groups is 3. The predicted octanol–water partition coefficient (Wildman–Crippen LogP) is -0.167. The number of hydrogen-bond acceptors (Lipinski definition) is 7. The van der Waals surface area contributed by atoms with Crippen molar-refractivity contribution in [2.75, 3.05) is 6.54 Å². The van der Waals surface area contributed by atoms with Crippen molar-refractivity contribution in [1.82, 2.24) is 21.9 Å². The number of carboxylic acids is 3. The van der Waals surface area contributed by atoms with Crippen LogP contribution in [0.5, 0.6) is 0 Å². The second-order valence-electron chi connectivity index (χ2n) is 6.22. The normalized spacial score (nSPS) is 22.8. The van der Waals surface area contributed by atoms with Crippen LogP contribution in [-0.4, -0.2) is 45.3 Å². The molecule has 10 nitrogen and oxygen atoms in total. The van der Waals surface area contributed by atoms with Crippen LogP contribution in [0, 0.1) is 5.92 Å². The minimum Gasteiger partial charge on any atom is -0.481 e. The second-order valence-corrected chi connectivity index (χ2v) is 6.22. The van der Waals surface area contributed by atoms with Crippen LogP contribution in [-0.2, 0) is 14.4 Å². The second kappa shape index (κ2) is 10.2. The molecule has 0 amide bonds. The first-order chi connectivity index (χ1) is 11.3. The van der Waals surface area contributed by atoms with Gasteiger partial charge < -0.3 is 15.3 Å². The van der Waals surface area contributed by atoms with E-state index >= 15 is 0 Å². The molecule has 138 valence electrons. The summed E-state index contributed by atoms with van der Waals surface area (Å²) in [7, 11) is 0. The molecule has 1 heterocycles. The fourth-order valence-corrected chi connectivity index (χ4v) is 2.96. The maximum absolute atomic E-state index is 11.2. The first kappa shape index (κ1) is 20.3. The molecule has 24 heavy (non-hydrogen) atoms. The Bertz CT molecular complexity index is 429. The average molecular weight is 346 g/mol. The van der Waals surface area contributed by atoms with Crippen LogP contribution >= 0.6 is 0 Å². The van der Waals surface area contributed by atoms with Crippen molar-refractivity contribution in [2.24, 2.45) is 5.92 Å². The van der Waals surface area contributed by atoms with Crippen LogP contribution in [0.1, 0.15) is 51.4 Å². The van der Waals surface area contributed by atoms with Crippen LogP contribution in [0.25, 0.3) is 0 Å². The summed E-state index contributed by atoms with van der Waals surface area (Å²) in [6.07, 6.45) is 2.28. The van der Waals surface area contributed by atoms with E-state index in [0.29, 0.717) is 19.4 Å². The van der Waals surface area contributed by atoms with Crippen LogP contribution in [0.4, 0.5) is 0 Å². The molecule has 0 radical (unpaired) electrons. The van der Waals surface area contributed by atoms with Gasteiger partial charge in [0.25, 0.3) is 0 Å². The summed E-state index contributed by atoms with van der Waals surface area (Å²) in [5, 5.41) is 27.3. The van der Waals surface area contributed by atoms with Gasteiger partial charge in [0.2, 0.25) is 0 Å². The molecule has 0 aromatic rings. The first-order valence-corrected chi connectivity index (χ1v) is 7.98. The lowest BCUT2D eigenvalue weighted by Gasteiger charge is -2.34. The molecule has 1 rings (SSSR count).